The number of aromatic nitrogens is 1. The van der Waals surface area contributed by atoms with Crippen LogP contribution in [0.4, 0.5) is 10.2 Å². The molecule has 0 aromatic carbocycles. The molecule has 142 valence electrons. The monoisotopic (exact) mass is 485 g/mol. The molecule has 25 heavy (non-hydrogen) atoms. The molecule has 1 fully saturated rings. The summed E-state index contributed by atoms with van der Waals surface area (Å²) in [6, 6.07) is 3.07. The van der Waals surface area contributed by atoms with Gasteiger partial charge in [0.1, 0.15) is 0 Å². The summed E-state index contributed by atoms with van der Waals surface area (Å²) in [7, 11) is -1.37. The van der Waals surface area contributed by atoms with E-state index < -0.39 is 9.84 Å². The molecule has 1 aliphatic rings. The molecular weight excluding hydrogens is 460 g/mol. The zero-order valence-corrected chi connectivity index (χ0v) is 17.6. The van der Waals surface area contributed by atoms with E-state index >= 15 is 0 Å². The number of pyridine rings is 1. The number of sulfone groups is 1. The van der Waals surface area contributed by atoms with E-state index in [0.29, 0.717) is 31.4 Å². The van der Waals surface area contributed by atoms with Crippen LogP contribution in [-0.4, -0.2) is 63.6 Å². The van der Waals surface area contributed by atoms with Crippen LogP contribution in [0.15, 0.2) is 23.3 Å². The molecule has 0 bridgehead atoms. The maximum atomic E-state index is 13.8. The zero-order valence-electron chi connectivity index (χ0n) is 14.4. The van der Waals surface area contributed by atoms with Gasteiger partial charge in [-0.2, -0.15) is 0 Å². The fraction of sp³-hybridized carbons (Fsp3) is 0.600. The molecule has 2 heterocycles. The molecule has 10 heteroatoms. The largest absolute Gasteiger partial charge is 0.355 e. The van der Waals surface area contributed by atoms with Gasteiger partial charge in [-0.15, -0.1) is 24.0 Å². The topological polar surface area (TPSA) is 86.7 Å². The minimum atomic E-state index is -3.00. The fourth-order valence-corrected chi connectivity index (χ4v) is 3.24. The van der Waals surface area contributed by atoms with E-state index in [-0.39, 0.29) is 47.3 Å². The van der Waals surface area contributed by atoms with Gasteiger partial charge in [0.15, 0.2) is 27.4 Å². The molecule has 1 atom stereocenters. The van der Waals surface area contributed by atoms with Crippen molar-refractivity contribution in [3.05, 3.63) is 24.1 Å². The quantitative estimate of drug-likeness (QED) is 0.356. The van der Waals surface area contributed by atoms with E-state index in [1.54, 1.807) is 26.2 Å². The lowest BCUT2D eigenvalue weighted by Gasteiger charge is -2.19. The average molecular weight is 485 g/mol. The Morgan fingerprint density at radius 3 is 2.92 bits per heavy atom. The third-order valence-corrected chi connectivity index (χ3v) is 5.64. The minimum Gasteiger partial charge on any atom is -0.355 e. The van der Waals surface area contributed by atoms with Crippen LogP contribution in [0.5, 0.6) is 0 Å². The molecule has 2 N–H and O–H groups in total. The van der Waals surface area contributed by atoms with Gasteiger partial charge in [0.05, 0.1) is 5.75 Å². The number of rotatable bonds is 6. The Morgan fingerprint density at radius 2 is 2.28 bits per heavy atom. The predicted octanol–water partition coefficient (Wildman–Crippen LogP) is 1.02. The van der Waals surface area contributed by atoms with Crippen molar-refractivity contribution in [3.63, 3.8) is 0 Å². The minimum absolute atomic E-state index is 0. The first-order chi connectivity index (χ1) is 11.4. The first kappa shape index (κ1) is 21.9. The van der Waals surface area contributed by atoms with Crippen molar-refractivity contribution in [1.82, 2.24) is 15.6 Å². The summed E-state index contributed by atoms with van der Waals surface area (Å²) in [5, 5.41) is 6.25. The Hall–Kier alpha value is -1.17. The van der Waals surface area contributed by atoms with Crippen molar-refractivity contribution in [2.45, 2.75) is 19.4 Å². The lowest BCUT2D eigenvalue weighted by molar-refractivity contribution is 0.595. The summed E-state index contributed by atoms with van der Waals surface area (Å²) in [6.07, 6.45) is 2.40. The Morgan fingerprint density at radius 1 is 1.52 bits per heavy atom. The van der Waals surface area contributed by atoms with Crippen LogP contribution in [0.25, 0.3) is 0 Å². The first-order valence-electron chi connectivity index (χ1n) is 7.98. The molecule has 7 nitrogen and oxygen atoms in total. The van der Waals surface area contributed by atoms with Gasteiger partial charge in [0.25, 0.3) is 0 Å². The lowest BCUT2D eigenvalue weighted by atomic mass is 10.3. The van der Waals surface area contributed by atoms with Crippen molar-refractivity contribution in [2.75, 3.05) is 43.1 Å². The van der Waals surface area contributed by atoms with Gasteiger partial charge in [-0.05, 0) is 18.6 Å². The third-order valence-electron chi connectivity index (χ3n) is 3.94. The molecule has 2 rings (SSSR count). The van der Waals surface area contributed by atoms with Crippen molar-refractivity contribution >= 4 is 45.6 Å². The number of guanidine groups is 1. The van der Waals surface area contributed by atoms with Crippen LogP contribution in [0.3, 0.4) is 0 Å². The van der Waals surface area contributed by atoms with Crippen LogP contribution in [-0.2, 0) is 9.84 Å². The van der Waals surface area contributed by atoms with Crippen LogP contribution >= 0.6 is 24.0 Å². The lowest BCUT2D eigenvalue weighted by Crippen LogP contribution is -2.45. The van der Waals surface area contributed by atoms with Gasteiger partial charge in [0, 0.05) is 44.7 Å². The standard InChI is InChI=1S/C15H24FN5O2S.HI/c1-3-24(22,23)10-8-19-15(17-2)20-12-6-9-21(11-12)14-13(16)5-4-7-18-14;/h4-5,7,12H,3,6,8-11H2,1-2H3,(H2,17,19,20);1H. The summed E-state index contributed by atoms with van der Waals surface area (Å²) in [4.78, 5) is 10.1. The van der Waals surface area contributed by atoms with Crippen molar-refractivity contribution in [3.8, 4) is 0 Å². The Labute approximate surface area is 165 Å². The number of halogens is 2. The van der Waals surface area contributed by atoms with Crippen LogP contribution < -0.4 is 15.5 Å². The number of hydrogen-bond donors (Lipinski definition) is 2. The highest BCUT2D eigenvalue weighted by molar-refractivity contribution is 14.0. The van der Waals surface area contributed by atoms with Crippen molar-refractivity contribution in [1.29, 1.82) is 0 Å². The fourth-order valence-electron chi connectivity index (χ4n) is 2.54. The number of hydrogen-bond acceptors (Lipinski definition) is 5. The van der Waals surface area contributed by atoms with Gasteiger partial charge in [0.2, 0.25) is 0 Å². The molecule has 1 aromatic heterocycles. The van der Waals surface area contributed by atoms with Crippen molar-refractivity contribution in [2.24, 2.45) is 4.99 Å². The molecular formula is C15H25FIN5O2S. The van der Waals surface area contributed by atoms with E-state index in [2.05, 4.69) is 20.6 Å². The van der Waals surface area contributed by atoms with E-state index in [0.717, 1.165) is 6.42 Å². The Kier molecular flexibility index (Phi) is 8.83. The molecule has 1 aliphatic heterocycles. The Balaban J connectivity index is 0.00000312. The second-order valence-corrected chi connectivity index (χ2v) is 8.09. The summed E-state index contributed by atoms with van der Waals surface area (Å²) >= 11 is 0. The van der Waals surface area contributed by atoms with Gasteiger partial charge in [-0.25, -0.2) is 17.8 Å². The predicted molar refractivity (Wildman–Crippen MR) is 109 cm³/mol. The summed E-state index contributed by atoms with van der Waals surface area (Å²) < 4.78 is 36.8. The van der Waals surface area contributed by atoms with E-state index in [1.807, 2.05) is 4.90 Å². The van der Waals surface area contributed by atoms with Crippen molar-refractivity contribution < 1.29 is 12.8 Å². The maximum Gasteiger partial charge on any atom is 0.191 e. The summed E-state index contributed by atoms with van der Waals surface area (Å²) in [6.45, 7) is 3.25. The number of nitrogens with zero attached hydrogens (tertiary/aromatic N) is 3. The second kappa shape index (κ2) is 10.1. The highest BCUT2D eigenvalue weighted by Crippen LogP contribution is 2.20. The summed E-state index contributed by atoms with van der Waals surface area (Å²) in [5.74, 6) is 0.785. The van der Waals surface area contributed by atoms with Crippen LogP contribution in [0.2, 0.25) is 0 Å². The van der Waals surface area contributed by atoms with E-state index in [4.69, 9.17) is 0 Å². The number of anilines is 1. The normalized spacial score (nSPS) is 18.0. The highest BCUT2D eigenvalue weighted by atomic mass is 127. The zero-order chi connectivity index (χ0) is 17.6. The molecule has 1 unspecified atom stereocenters. The van der Waals surface area contributed by atoms with Gasteiger partial charge >= 0.3 is 0 Å². The van der Waals surface area contributed by atoms with Gasteiger partial charge in [-0.1, -0.05) is 6.92 Å². The summed E-state index contributed by atoms with van der Waals surface area (Å²) in [5.41, 5.74) is 0. The van der Waals surface area contributed by atoms with E-state index in [9.17, 15) is 12.8 Å². The maximum absolute atomic E-state index is 13.8. The van der Waals surface area contributed by atoms with Gasteiger partial charge < -0.3 is 15.5 Å². The molecule has 0 amide bonds. The first-order valence-corrected chi connectivity index (χ1v) is 9.80. The second-order valence-electron chi connectivity index (χ2n) is 5.62. The van der Waals surface area contributed by atoms with Crippen LogP contribution in [0, 0.1) is 5.82 Å². The smallest absolute Gasteiger partial charge is 0.191 e. The molecule has 0 aliphatic carbocycles. The Bertz CT molecular complexity index is 686. The molecule has 1 aromatic rings. The molecule has 0 saturated carbocycles. The number of nitrogens with one attached hydrogen (secondary N) is 2. The van der Waals surface area contributed by atoms with Crippen LogP contribution in [0.1, 0.15) is 13.3 Å². The molecule has 0 radical (unpaired) electrons. The van der Waals surface area contributed by atoms with Gasteiger partial charge in [-0.3, -0.25) is 4.99 Å². The van der Waals surface area contributed by atoms with E-state index in [1.165, 1.54) is 6.07 Å². The SMILES string of the molecule is CCS(=O)(=O)CCNC(=NC)NC1CCN(c2ncccc2F)C1.I. The average Bonchev–Trinajstić information content (AvgIpc) is 3.02. The third kappa shape index (κ3) is 6.57. The molecule has 0 spiro atoms. The number of aliphatic imine (C=N–C) groups is 1. The molecule has 1 saturated heterocycles. The highest BCUT2D eigenvalue weighted by Gasteiger charge is 2.25.